The van der Waals surface area contributed by atoms with Gasteiger partial charge >= 0.3 is 39.5 Å². The number of aliphatic hydroxyl groups excluding tert-OH is 1. The molecule has 0 spiro atoms. The number of phosphoric ester groups is 2. The van der Waals surface area contributed by atoms with Gasteiger partial charge in [0.2, 0.25) is 0 Å². The van der Waals surface area contributed by atoms with Crippen LogP contribution in [0.4, 0.5) is 0 Å². The van der Waals surface area contributed by atoms with Gasteiger partial charge in [-0.2, -0.15) is 0 Å². The van der Waals surface area contributed by atoms with Gasteiger partial charge in [0, 0.05) is 25.7 Å². The number of aliphatic hydroxyl groups is 1. The van der Waals surface area contributed by atoms with Crippen LogP contribution < -0.4 is 0 Å². The molecule has 0 aliphatic heterocycles. The van der Waals surface area contributed by atoms with E-state index in [-0.39, 0.29) is 25.7 Å². The van der Waals surface area contributed by atoms with Gasteiger partial charge in [0.05, 0.1) is 26.4 Å². The number of unbranched alkanes of at least 4 members (excludes halogenated alkanes) is 40. The number of ether oxygens (including phenoxy) is 4. The van der Waals surface area contributed by atoms with Gasteiger partial charge in [-0.15, -0.1) is 0 Å². The van der Waals surface area contributed by atoms with Crippen molar-refractivity contribution < 1.29 is 80.2 Å². The number of carbonyl (C=O) groups excluding carboxylic acids is 4. The molecule has 0 radical (unpaired) electrons. The lowest BCUT2D eigenvalue weighted by atomic mass is 10.0. The number of phosphoric acid groups is 2. The van der Waals surface area contributed by atoms with Crippen LogP contribution in [-0.4, -0.2) is 96.7 Å². The zero-order valence-electron chi connectivity index (χ0n) is 58.4. The van der Waals surface area contributed by atoms with E-state index in [9.17, 15) is 43.2 Å². The Bertz CT molecular complexity index is 1750. The van der Waals surface area contributed by atoms with Gasteiger partial charge in [0.25, 0.3) is 0 Å². The van der Waals surface area contributed by atoms with E-state index in [4.69, 9.17) is 37.0 Å². The van der Waals surface area contributed by atoms with Gasteiger partial charge < -0.3 is 33.8 Å². The first-order valence-corrected chi connectivity index (χ1v) is 40.0. The predicted octanol–water partition coefficient (Wildman–Crippen LogP) is 20.4. The molecule has 19 heteroatoms. The molecular weight excluding hydrogens is 1190 g/mol. The van der Waals surface area contributed by atoms with E-state index in [2.05, 4.69) is 41.5 Å². The standard InChI is InChI=1S/C71H138O17P2/c1-7-9-11-13-15-27-35-41-47-53-68(73)81-59-66(87-70(75)55-49-43-37-28-16-14-12-10-8-2)61-85-89(77,78)83-57-65(72)58-84-90(79,80)86-62-67(60-82-69(74)54-48-42-36-31-26-22-24-30-34-40-46-52-64(5)6)88-71(76)56-50-44-38-32-25-21-19-17-18-20-23-29-33-39-45-51-63(3)4/h63-67,72H,7-62H2,1-6H3,(H,77,78)(H,79,80)/t65-,66+,67+/m0/s1. The number of esters is 4. The minimum Gasteiger partial charge on any atom is -0.462 e. The molecule has 0 aliphatic carbocycles. The van der Waals surface area contributed by atoms with Gasteiger partial charge in [0.1, 0.15) is 19.3 Å². The smallest absolute Gasteiger partial charge is 0.462 e. The summed E-state index contributed by atoms with van der Waals surface area (Å²) in [5.74, 6) is -0.551. The molecule has 0 heterocycles. The first kappa shape index (κ1) is 88.1. The molecule has 0 amide bonds. The second kappa shape index (κ2) is 63.1. The lowest BCUT2D eigenvalue weighted by Gasteiger charge is -2.21. The maximum Gasteiger partial charge on any atom is 0.472 e. The highest BCUT2D eigenvalue weighted by molar-refractivity contribution is 7.47. The third kappa shape index (κ3) is 64.8. The van der Waals surface area contributed by atoms with Crippen LogP contribution in [0.2, 0.25) is 0 Å². The van der Waals surface area contributed by atoms with Gasteiger partial charge in [-0.25, -0.2) is 9.13 Å². The fourth-order valence-electron chi connectivity index (χ4n) is 10.8. The van der Waals surface area contributed by atoms with Crippen LogP contribution in [0.3, 0.4) is 0 Å². The van der Waals surface area contributed by atoms with Crippen molar-refractivity contribution in [2.24, 2.45) is 11.8 Å². The summed E-state index contributed by atoms with van der Waals surface area (Å²) in [6, 6.07) is 0. The van der Waals surface area contributed by atoms with Gasteiger partial charge in [-0.3, -0.25) is 37.3 Å². The van der Waals surface area contributed by atoms with E-state index in [0.717, 1.165) is 102 Å². The molecule has 0 aromatic carbocycles. The monoisotopic (exact) mass is 1320 g/mol. The van der Waals surface area contributed by atoms with Crippen molar-refractivity contribution in [3.05, 3.63) is 0 Å². The van der Waals surface area contributed by atoms with E-state index in [1.165, 1.54) is 180 Å². The van der Waals surface area contributed by atoms with Crippen LogP contribution in [0.25, 0.3) is 0 Å². The number of hydrogen-bond donors (Lipinski definition) is 3. The van der Waals surface area contributed by atoms with Crippen molar-refractivity contribution in [1.82, 2.24) is 0 Å². The van der Waals surface area contributed by atoms with Crippen LogP contribution in [0.5, 0.6) is 0 Å². The molecule has 0 bridgehead atoms. The van der Waals surface area contributed by atoms with E-state index in [1.807, 2.05) is 0 Å². The second-order valence-electron chi connectivity index (χ2n) is 26.6. The summed E-state index contributed by atoms with van der Waals surface area (Å²) in [6.45, 7) is 9.56. The Labute approximate surface area is 549 Å². The fourth-order valence-corrected chi connectivity index (χ4v) is 12.3. The zero-order valence-corrected chi connectivity index (χ0v) is 60.2. The highest BCUT2D eigenvalue weighted by Crippen LogP contribution is 2.45. The Morgan fingerprint density at radius 3 is 0.756 bits per heavy atom. The minimum atomic E-state index is -4.95. The average molecular weight is 1330 g/mol. The van der Waals surface area contributed by atoms with Gasteiger partial charge in [-0.1, -0.05) is 311 Å². The molecule has 5 atom stereocenters. The van der Waals surface area contributed by atoms with E-state index in [0.29, 0.717) is 25.7 Å². The molecule has 534 valence electrons. The molecule has 0 rings (SSSR count). The quantitative estimate of drug-likeness (QED) is 0.0222. The lowest BCUT2D eigenvalue weighted by Crippen LogP contribution is -2.30. The zero-order chi connectivity index (χ0) is 66.5. The molecule has 0 aliphatic rings. The summed E-state index contributed by atoms with van der Waals surface area (Å²) < 4.78 is 68.2. The van der Waals surface area contributed by atoms with E-state index >= 15 is 0 Å². The summed E-state index contributed by atoms with van der Waals surface area (Å²) in [5.41, 5.74) is 0. The van der Waals surface area contributed by atoms with Crippen LogP contribution in [-0.2, 0) is 65.4 Å². The maximum absolute atomic E-state index is 13.0. The van der Waals surface area contributed by atoms with Crippen molar-refractivity contribution in [2.75, 3.05) is 39.6 Å². The van der Waals surface area contributed by atoms with Crippen molar-refractivity contribution in [2.45, 2.75) is 381 Å². The molecule has 0 aromatic rings. The van der Waals surface area contributed by atoms with Crippen LogP contribution in [0.15, 0.2) is 0 Å². The van der Waals surface area contributed by atoms with Crippen molar-refractivity contribution in [3.63, 3.8) is 0 Å². The highest BCUT2D eigenvalue weighted by atomic mass is 31.2. The average Bonchev–Trinajstić information content (AvgIpc) is 3.44. The summed E-state index contributed by atoms with van der Waals surface area (Å²) in [7, 11) is -9.90. The predicted molar refractivity (Wildman–Crippen MR) is 363 cm³/mol. The minimum absolute atomic E-state index is 0.106. The summed E-state index contributed by atoms with van der Waals surface area (Å²) in [5, 5.41) is 10.6. The third-order valence-corrected chi connectivity index (χ3v) is 18.4. The Kier molecular flexibility index (Phi) is 61.8. The summed E-state index contributed by atoms with van der Waals surface area (Å²) >= 11 is 0. The van der Waals surface area contributed by atoms with E-state index in [1.54, 1.807) is 0 Å². The summed E-state index contributed by atoms with van der Waals surface area (Å²) in [4.78, 5) is 72.5. The van der Waals surface area contributed by atoms with E-state index < -0.39 is 97.5 Å². The van der Waals surface area contributed by atoms with Crippen molar-refractivity contribution >= 4 is 39.5 Å². The van der Waals surface area contributed by atoms with Crippen LogP contribution in [0, 0.1) is 11.8 Å². The first-order chi connectivity index (χ1) is 43.4. The first-order valence-electron chi connectivity index (χ1n) is 37.0. The fraction of sp³-hybridized carbons (Fsp3) is 0.944. The largest absolute Gasteiger partial charge is 0.472 e. The topological polar surface area (TPSA) is 237 Å². The molecule has 90 heavy (non-hydrogen) atoms. The molecular formula is C71H138O17P2. The number of rotatable bonds is 70. The van der Waals surface area contributed by atoms with Gasteiger partial charge in [-0.05, 0) is 37.5 Å². The van der Waals surface area contributed by atoms with Crippen molar-refractivity contribution in [1.29, 1.82) is 0 Å². The van der Waals surface area contributed by atoms with Crippen molar-refractivity contribution in [3.8, 4) is 0 Å². The molecule has 0 fully saturated rings. The van der Waals surface area contributed by atoms with Crippen LogP contribution in [0.1, 0.15) is 363 Å². The maximum atomic E-state index is 13.0. The Balaban J connectivity index is 5.20. The molecule has 3 N–H and O–H groups in total. The Morgan fingerprint density at radius 1 is 0.300 bits per heavy atom. The third-order valence-electron chi connectivity index (χ3n) is 16.5. The number of hydrogen-bond acceptors (Lipinski definition) is 15. The summed E-state index contributed by atoms with van der Waals surface area (Å²) in [6.07, 6.45) is 48.6. The lowest BCUT2D eigenvalue weighted by molar-refractivity contribution is -0.161. The Hall–Kier alpha value is -1.94. The normalized spacial score (nSPS) is 14.1. The van der Waals surface area contributed by atoms with Crippen LogP contribution >= 0.6 is 15.6 Å². The van der Waals surface area contributed by atoms with Gasteiger partial charge in [0.15, 0.2) is 12.2 Å². The molecule has 0 saturated heterocycles. The molecule has 0 aromatic heterocycles. The number of carbonyl (C=O) groups is 4. The highest BCUT2D eigenvalue weighted by Gasteiger charge is 2.30. The Morgan fingerprint density at radius 2 is 0.511 bits per heavy atom. The molecule has 17 nitrogen and oxygen atoms in total. The molecule has 0 saturated carbocycles. The SMILES string of the molecule is CCCCCCCCCCCC(=O)OC[C@H](COP(=O)(O)OC[C@H](O)COP(=O)(O)OC[C@@H](COC(=O)CCCCCCCCCCCCCC(C)C)OC(=O)CCCCCCCCCCCCCCCCCC(C)C)OC(=O)CCCCCCCCCCC. The molecule has 2 unspecified atom stereocenters. The second-order valence-corrected chi connectivity index (χ2v) is 29.5.